The van der Waals surface area contributed by atoms with E-state index in [9.17, 15) is 68.1 Å². The first-order chi connectivity index (χ1) is 42.4. The summed E-state index contributed by atoms with van der Waals surface area (Å²) in [4.78, 5) is 162. The van der Waals surface area contributed by atoms with Gasteiger partial charge in [0.05, 0.1) is 59.8 Å². The first-order valence-corrected chi connectivity index (χ1v) is 30.0. The van der Waals surface area contributed by atoms with E-state index < -0.39 is 151 Å². The van der Waals surface area contributed by atoms with Crippen LogP contribution in [0, 0.1) is 5.92 Å². The van der Waals surface area contributed by atoms with Gasteiger partial charge in [0.25, 0.3) is 0 Å². The van der Waals surface area contributed by atoms with Crippen LogP contribution in [0.1, 0.15) is 96.2 Å². The summed E-state index contributed by atoms with van der Waals surface area (Å²) in [6.45, 7) is 3.46. The molecule has 0 aliphatic carbocycles. The molecule has 2 aromatic rings. The van der Waals surface area contributed by atoms with Crippen LogP contribution < -0.4 is 70.8 Å². The number of phenolic OH excluding ortho intramolecular Hbond substituents is 1. The van der Waals surface area contributed by atoms with E-state index in [4.69, 9.17) is 28.0 Å². The van der Waals surface area contributed by atoms with Gasteiger partial charge in [-0.15, -0.1) is 0 Å². The fourth-order valence-electron chi connectivity index (χ4n) is 9.50. The van der Waals surface area contributed by atoms with Gasteiger partial charge in [-0.2, -0.15) is 0 Å². The standard InChI is InChI=1S/C57H94N18O15/c1-32(2)46(72-45(80)29-64-44(79)28-65-53(86)47(33(3)77)73-48(81)37(59)30-76)54(87)68-38(13-8-10-24-75(4,5)6)49(82)69-40(14-7-9-21-58)55(88)74-23-12-16-43(74)52(85)70-41(26-35-27-62-31-66-35)51(84)67-39(15-11-22-63-57(60)61)50(83)71-42(56(89)90)25-34-17-19-36(78)20-18-34/h17-20,27,31-33,37-43,46-47,76-77H,7-16,21-26,28-30,58-59H2,1-6H3,(H15-,60,61,62,63,64,65,66,67,68,69,70,71,72,73,78,79,80,81,82,83,84,85,86,87,89,90)/p+1/t33-,37+,38+,39+,40+,41+,42+,43+,46+,47+/m1/s1. The smallest absolute Gasteiger partial charge is 0.326 e. The zero-order valence-corrected chi connectivity index (χ0v) is 52.1. The number of imidazole rings is 1. The van der Waals surface area contributed by atoms with E-state index >= 15 is 0 Å². The quantitative estimate of drug-likeness (QED) is 0.0128. The van der Waals surface area contributed by atoms with Crippen LogP contribution in [-0.4, -0.2) is 238 Å². The van der Waals surface area contributed by atoms with Crippen molar-refractivity contribution in [2.75, 3.05) is 67.0 Å². The van der Waals surface area contributed by atoms with Crippen LogP contribution in [0.2, 0.25) is 0 Å². The molecule has 0 radical (unpaired) electrons. The third-order valence-electron chi connectivity index (χ3n) is 14.5. The minimum atomic E-state index is -1.54. The van der Waals surface area contributed by atoms with E-state index in [1.54, 1.807) is 13.8 Å². The molecule has 1 aliphatic heterocycles. The Morgan fingerprint density at radius 1 is 0.700 bits per heavy atom. The van der Waals surface area contributed by atoms with Crippen molar-refractivity contribution in [2.45, 2.75) is 158 Å². The maximum Gasteiger partial charge on any atom is 0.326 e. The lowest BCUT2D eigenvalue weighted by atomic mass is 10.0. The normalized spacial score (nSPS) is 16.0. The Kier molecular flexibility index (Phi) is 32.1. The number of aliphatic imine (C=N–C) groups is 1. The fourth-order valence-corrected chi connectivity index (χ4v) is 9.50. The second-order valence-corrected chi connectivity index (χ2v) is 23.5. The number of aromatic nitrogens is 2. The number of phenols is 1. The number of H-pyrrole nitrogens is 1. The van der Waals surface area contributed by atoms with E-state index in [1.165, 1.54) is 48.6 Å². The summed E-state index contributed by atoms with van der Waals surface area (Å²) in [5.41, 5.74) is 23.2. The Morgan fingerprint density at radius 2 is 1.29 bits per heavy atom. The van der Waals surface area contributed by atoms with Gasteiger partial charge in [-0.05, 0) is 101 Å². The number of likely N-dealkylation sites (tertiary alicyclic amines) is 1. The van der Waals surface area contributed by atoms with Gasteiger partial charge in [0.2, 0.25) is 59.1 Å². The maximum absolute atomic E-state index is 14.8. The second kappa shape index (κ2) is 38.1. The molecule has 0 unspecified atom stereocenters. The predicted octanol–water partition coefficient (Wildman–Crippen LogP) is -5.98. The van der Waals surface area contributed by atoms with E-state index in [2.05, 4.69) is 62.8 Å². The summed E-state index contributed by atoms with van der Waals surface area (Å²) in [5.74, 6) is -10.4. The molecule has 2 heterocycles. The molecule has 0 spiro atoms. The first kappa shape index (κ1) is 75.7. The number of nitrogens with two attached hydrogens (primary N) is 4. The lowest BCUT2D eigenvalue weighted by molar-refractivity contribution is -0.870. The summed E-state index contributed by atoms with van der Waals surface area (Å²) >= 11 is 0. The van der Waals surface area contributed by atoms with Crippen LogP contribution in [-0.2, 0) is 65.6 Å². The molecule has 22 N–H and O–H groups in total. The number of carboxylic acids is 1. The SMILES string of the molecule is CC(C)[C@H](NC(=O)CNC(=O)CNC(=O)[C@@H](NC(=O)[C@@H](N)CO)[C@@H](C)O)C(=O)N[C@@H](CCCC[N+](C)(C)C)C(=O)N[C@@H](CCCCN)C(=O)N1CCC[C@H]1C(=O)N[C@@H](Cc1cnc[nH]1)C(=O)N[C@@H](CCCN=C(N)N)C(=O)N[C@@H](Cc1ccc(O)cc1)C(=O)O. The second-order valence-electron chi connectivity index (χ2n) is 23.5. The number of carbonyl (C=O) groups is 11. The minimum absolute atomic E-state index is 0.0408. The Balaban J connectivity index is 1.85. The van der Waals surface area contributed by atoms with Crippen molar-refractivity contribution >= 4 is 71.0 Å². The molecule has 502 valence electrons. The van der Waals surface area contributed by atoms with Gasteiger partial charge in [-0.25, -0.2) is 9.78 Å². The Bertz CT molecular complexity index is 2720. The topological polar surface area (TPSA) is 525 Å². The zero-order valence-electron chi connectivity index (χ0n) is 52.1. The monoisotopic (exact) mass is 1270 g/mol. The summed E-state index contributed by atoms with van der Waals surface area (Å²) in [5, 5.41) is 61.8. The molecule has 10 amide bonds. The van der Waals surface area contributed by atoms with E-state index in [0.29, 0.717) is 54.4 Å². The highest BCUT2D eigenvalue weighted by atomic mass is 16.4. The van der Waals surface area contributed by atoms with Crippen molar-refractivity contribution in [1.82, 2.24) is 62.7 Å². The van der Waals surface area contributed by atoms with Gasteiger partial charge in [0.1, 0.15) is 60.1 Å². The molecule has 1 aliphatic rings. The fraction of sp³-hybridized carbons (Fsp3) is 0.632. The highest BCUT2D eigenvalue weighted by Crippen LogP contribution is 2.22. The Labute approximate surface area is 522 Å². The van der Waals surface area contributed by atoms with Gasteiger partial charge in [0.15, 0.2) is 5.96 Å². The molecular formula is C57H95N18O15+. The summed E-state index contributed by atoms with van der Waals surface area (Å²) in [6.07, 6.45) is 3.60. The molecule has 33 nitrogen and oxygen atoms in total. The van der Waals surface area contributed by atoms with Crippen molar-refractivity contribution in [1.29, 1.82) is 0 Å². The molecule has 1 aromatic heterocycles. The average molecular weight is 1270 g/mol. The molecule has 90 heavy (non-hydrogen) atoms. The molecule has 33 heteroatoms. The third kappa shape index (κ3) is 27.1. The number of nitrogens with one attached hydrogen (secondary N) is 10. The number of quaternary nitrogens is 1. The number of hydrogen-bond donors (Lipinski definition) is 18. The van der Waals surface area contributed by atoms with Crippen molar-refractivity contribution in [2.24, 2.45) is 33.8 Å². The van der Waals surface area contributed by atoms with E-state index in [0.717, 1.165) is 0 Å². The van der Waals surface area contributed by atoms with Gasteiger partial charge < -0.3 is 106 Å². The van der Waals surface area contributed by atoms with Crippen LogP contribution in [0.4, 0.5) is 0 Å². The highest BCUT2D eigenvalue weighted by molar-refractivity contribution is 5.98. The molecule has 3 rings (SSSR count). The number of carboxylic acid groups (broad SMARTS) is 1. The van der Waals surface area contributed by atoms with E-state index in [1.807, 2.05) is 21.1 Å². The minimum Gasteiger partial charge on any atom is -0.508 e. The largest absolute Gasteiger partial charge is 0.508 e. The number of hydrogen-bond acceptors (Lipinski definition) is 18. The van der Waals surface area contributed by atoms with Crippen LogP contribution in [0.25, 0.3) is 0 Å². The molecule has 1 saturated heterocycles. The lowest BCUT2D eigenvalue weighted by Gasteiger charge is -2.31. The number of benzene rings is 1. The number of carbonyl (C=O) groups excluding carboxylic acids is 10. The van der Waals surface area contributed by atoms with Gasteiger partial charge in [-0.3, -0.25) is 52.9 Å². The van der Waals surface area contributed by atoms with Gasteiger partial charge in [0, 0.05) is 37.8 Å². The maximum atomic E-state index is 14.8. The van der Waals surface area contributed by atoms with Gasteiger partial charge >= 0.3 is 5.97 Å². The van der Waals surface area contributed by atoms with E-state index in [-0.39, 0.29) is 76.3 Å². The number of guanidine groups is 1. The van der Waals surface area contributed by atoms with Crippen LogP contribution >= 0.6 is 0 Å². The number of amides is 10. The van der Waals surface area contributed by atoms with Crippen molar-refractivity contribution in [3.05, 3.63) is 48.0 Å². The van der Waals surface area contributed by atoms with Crippen LogP contribution in [0.5, 0.6) is 5.75 Å². The summed E-state index contributed by atoms with van der Waals surface area (Å²) < 4.78 is 0.601. The number of aromatic hydroxyl groups is 1. The molecule has 0 bridgehead atoms. The number of aliphatic hydroxyl groups is 2. The third-order valence-corrected chi connectivity index (χ3v) is 14.5. The summed E-state index contributed by atoms with van der Waals surface area (Å²) in [7, 11) is 5.98. The predicted molar refractivity (Wildman–Crippen MR) is 327 cm³/mol. The molecular weight excluding hydrogens is 1180 g/mol. The molecule has 0 saturated carbocycles. The lowest BCUT2D eigenvalue weighted by Crippen LogP contribution is -2.60. The summed E-state index contributed by atoms with van der Waals surface area (Å²) in [6, 6.07) is -6.39. The molecule has 1 fully saturated rings. The first-order valence-electron chi connectivity index (χ1n) is 30.0. The number of rotatable bonds is 40. The highest BCUT2D eigenvalue weighted by Gasteiger charge is 2.41. The van der Waals surface area contributed by atoms with Crippen molar-refractivity contribution in [3.8, 4) is 5.75 Å². The Morgan fingerprint density at radius 3 is 1.87 bits per heavy atom. The molecule has 10 atom stereocenters. The average Bonchev–Trinajstić information content (AvgIpc) is 1.73. The van der Waals surface area contributed by atoms with Crippen LogP contribution in [0.3, 0.4) is 0 Å². The Hall–Kier alpha value is -8.53. The zero-order chi connectivity index (χ0) is 67.3. The number of aliphatic carboxylic acids is 1. The number of aromatic amines is 1. The van der Waals surface area contributed by atoms with Crippen molar-refractivity contribution in [3.63, 3.8) is 0 Å². The van der Waals surface area contributed by atoms with Crippen molar-refractivity contribution < 1.29 is 77.6 Å². The number of unbranched alkanes of at least 4 members (excludes halogenated alkanes) is 2. The number of nitrogens with zero attached hydrogens (tertiary/aromatic N) is 4. The molecule has 1 aromatic carbocycles. The number of aliphatic hydroxyl groups excluding tert-OH is 2. The van der Waals surface area contributed by atoms with Crippen LogP contribution in [0.15, 0.2) is 41.8 Å². The van der Waals surface area contributed by atoms with Gasteiger partial charge in [-0.1, -0.05) is 26.0 Å².